The lowest BCUT2D eigenvalue weighted by Crippen LogP contribution is -2.10. The molecule has 2 rings (SSSR count). The maximum Gasteiger partial charge on any atom is 0.161 e. The smallest absolute Gasteiger partial charge is 0.161 e. The van der Waals surface area contributed by atoms with E-state index in [1.807, 2.05) is 24.3 Å². The van der Waals surface area contributed by atoms with Gasteiger partial charge in [0.15, 0.2) is 17.2 Å². The molecule has 0 spiro atoms. The molecule has 0 atom stereocenters. The number of nitrogen functional groups attached to an aromatic ring is 1. The summed E-state index contributed by atoms with van der Waals surface area (Å²) in [5.74, 6) is 1.84. The zero-order valence-electron chi connectivity index (χ0n) is 11.1. The Morgan fingerprint density at radius 3 is 2.35 bits per heavy atom. The van der Waals surface area contributed by atoms with E-state index in [4.69, 9.17) is 31.5 Å². The Morgan fingerprint density at radius 1 is 0.950 bits per heavy atom. The van der Waals surface area contributed by atoms with Gasteiger partial charge in [-0.05, 0) is 24.3 Å². The molecule has 0 amide bonds. The lowest BCUT2D eigenvalue weighted by Gasteiger charge is -2.12. The van der Waals surface area contributed by atoms with Crippen LogP contribution < -0.4 is 19.9 Å². The van der Waals surface area contributed by atoms with E-state index in [1.54, 1.807) is 25.3 Å². The zero-order chi connectivity index (χ0) is 14.4. The first-order valence-corrected chi connectivity index (χ1v) is 6.52. The highest BCUT2D eigenvalue weighted by molar-refractivity contribution is 6.32. The molecule has 2 N–H and O–H groups in total. The van der Waals surface area contributed by atoms with Gasteiger partial charge in [0.1, 0.15) is 13.2 Å². The highest BCUT2D eigenvalue weighted by atomic mass is 35.5. The van der Waals surface area contributed by atoms with Gasteiger partial charge in [-0.25, -0.2) is 0 Å². The van der Waals surface area contributed by atoms with Gasteiger partial charge in [0, 0.05) is 0 Å². The Bertz CT molecular complexity index is 555. The first-order valence-electron chi connectivity index (χ1n) is 6.15. The van der Waals surface area contributed by atoms with E-state index in [2.05, 4.69) is 0 Å². The molecule has 0 aromatic heterocycles. The molecule has 0 aliphatic heterocycles. The van der Waals surface area contributed by atoms with Gasteiger partial charge in [0.05, 0.1) is 17.8 Å². The van der Waals surface area contributed by atoms with Crippen LogP contribution in [0.3, 0.4) is 0 Å². The molecule has 0 saturated heterocycles. The summed E-state index contributed by atoms with van der Waals surface area (Å²) >= 11 is 6.01. The van der Waals surface area contributed by atoms with Gasteiger partial charge < -0.3 is 19.9 Å². The zero-order valence-corrected chi connectivity index (χ0v) is 11.9. The quantitative estimate of drug-likeness (QED) is 0.655. The molecule has 0 radical (unpaired) electrons. The molecule has 2 aromatic carbocycles. The van der Waals surface area contributed by atoms with E-state index in [1.165, 1.54) is 0 Å². The van der Waals surface area contributed by atoms with Crippen molar-refractivity contribution in [3.63, 3.8) is 0 Å². The molecule has 106 valence electrons. The Morgan fingerprint density at radius 2 is 1.65 bits per heavy atom. The standard InChI is InChI=1S/C15H16ClNO3/c1-18-13-7-2-3-8-14(13)19-9-10-20-15-11(16)5-4-6-12(15)17/h2-8H,9-10,17H2,1H3. The number of methoxy groups -OCH3 is 1. The second-order valence-electron chi connectivity index (χ2n) is 4.01. The fourth-order valence-corrected chi connectivity index (χ4v) is 1.95. The van der Waals surface area contributed by atoms with Crippen molar-refractivity contribution in [2.45, 2.75) is 0 Å². The van der Waals surface area contributed by atoms with Crippen LogP contribution in [0, 0.1) is 0 Å². The van der Waals surface area contributed by atoms with Gasteiger partial charge in [-0.3, -0.25) is 0 Å². The first-order chi connectivity index (χ1) is 9.72. The highest BCUT2D eigenvalue weighted by Crippen LogP contribution is 2.30. The topological polar surface area (TPSA) is 53.7 Å². The van der Waals surface area contributed by atoms with Crippen LogP contribution >= 0.6 is 11.6 Å². The van der Waals surface area contributed by atoms with Gasteiger partial charge in [-0.1, -0.05) is 29.8 Å². The van der Waals surface area contributed by atoms with Crippen molar-refractivity contribution in [3.05, 3.63) is 47.5 Å². The highest BCUT2D eigenvalue weighted by Gasteiger charge is 2.06. The second-order valence-corrected chi connectivity index (χ2v) is 4.41. The summed E-state index contributed by atoms with van der Waals surface area (Å²) in [5.41, 5.74) is 6.30. The summed E-state index contributed by atoms with van der Waals surface area (Å²) in [6.45, 7) is 0.705. The number of hydrogen-bond donors (Lipinski definition) is 1. The molecule has 4 nitrogen and oxygen atoms in total. The van der Waals surface area contributed by atoms with Crippen molar-refractivity contribution < 1.29 is 14.2 Å². The lowest BCUT2D eigenvalue weighted by molar-refractivity contribution is 0.212. The van der Waals surface area contributed by atoms with E-state index < -0.39 is 0 Å². The van der Waals surface area contributed by atoms with E-state index in [0.717, 1.165) is 0 Å². The van der Waals surface area contributed by atoms with E-state index in [9.17, 15) is 0 Å². The fourth-order valence-electron chi connectivity index (χ4n) is 1.71. The van der Waals surface area contributed by atoms with Crippen LogP contribution in [0.5, 0.6) is 17.2 Å². The molecule has 0 heterocycles. The summed E-state index contributed by atoms with van der Waals surface area (Å²) in [6, 6.07) is 12.7. The third-order valence-corrected chi connectivity index (χ3v) is 2.95. The average Bonchev–Trinajstić information content (AvgIpc) is 2.46. The summed E-state index contributed by atoms with van der Waals surface area (Å²) in [7, 11) is 1.60. The Kier molecular flexibility index (Phi) is 4.96. The van der Waals surface area contributed by atoms with Crippen LogP contribution in [0.15, 0.2) is 42.5 Å². The number of rotatable bonds is 6. The third kappa shape index (κ3) is 3.48. The number of anilines is 1. The van der Waals surface area contributed by atoms with Crippen LogP contribution in [0.1, 0.15) is 0 Å². The summed E-state index contributed by atoms with van der Waals surface area (Å²) in [6.07, 6.45) is 0. The maximum absolute atomic E-state index is 6.01. The Labute approximate surface area is 123 Å². The molecule has 2 aromatic rings. The molecule has 5 heteroatoms. The van der Waals surface area contributed by atoms with Gasteiger partial charge in [0.2, 0.25) is 0 Å². The lowest BCUT2D eigenvalue weighted by atomic mass is 10.3. The minimum Gasteiger partial charge on any atom is -0.493 e. The number of hydrogen-bond acceptors (Lipinski definition) is 4. The molecule has 0 bridgehead atoms. The van der Waals surface area contributed by atoms with Crippen molar-refractivity contribution in [1.29, 1.82) is 0 Å². The summed E-state index contributed by atoms with van der Waals surface area (Å²) in [5, 5.41) is 0.488. The molecule has 0 aliphatic rings. The summed E-state index contributed by atoms with van der Waals surface area (Å²) < 4.78 is 16.3. The molecular weight excluding hydrogens is 278 g/mol. The fraction of sp³-hybridized carbons (Fsp3) is 0.200. The largest absolute Gasteiger partial charge is 0.493 e. The van der Waals surface area contributed by atoms with Crippen LogP contribution in [-0.2, 0) is 0 Å². The van der Waals surface area contributed by atoms with Crippen LogP contribution in [0.25, 0.3) is 0 Å². The SMILES string of the molecule is COc1ccccc1OCCOc1c(N)cccc1Cl. The van der Waals surface area contributed by atoms with Gasteiger partial charge >= 0.3 is 0 Å². The van der Waals surface area contributed by atoms with Crippen molar-refractivity contribution in [2.75, 3.05) is 26.1 Å². The second kappa shape index (κ2) is 6.91. The van der Waals surface area contributed by atoms with E-state index in [0.29, 0.717) is 41.2 Å². The number of nitrogens with two attached hydrogens (primary N) is 1. The predicted octanol–water partition coefficient (Wildman–Crippen LogP) is 3.39. The molecule has 0 fully saturated rings. The molecule has 20 heavy (non-hydrogen) atoms. The Hall–Kier alpha value is -2.07. The van der Waals surface area contributed by atoms with E-state index in [-0.39, 0.29) is 0 Å². The maximum atomic E-state index is 6.01. The molecule has 0 saturated carbocycles. The monoisotopic (exact) mass is 293 g/mol. The number of ether oxygens (including phenoxy) is 3. The van der Waals surface area contributed by atoms with Crippen molar-refractivity contribution in [1.82, 2.24) is 0 Å². The molecule has 0 aliphatic carbocycles. The minimum atomic E-state index is 0.339. The van der Waals surface area contributed by atoms with Crippen molar-refractivity contribution in [3.8, 4) is 17.2 Å². The molecule has 0 unspecified atom stereocenters. The number of benzene rings is 2. The van der Waals surface area contributed by atoms with Crippen LogP contribution in [-0.4, -0.2) is 20.3 Å². The number of para-hydroxylation sites is 3. The third-order valence-electron chi connectivity index (χ3n) is 2.65. The van der Waals surface area contributed by atoms with Gasteiger partial charge in [0.25, 0.3) is 0 Å². The van der Waals surface area contributed by atoms with Crippen LogP contribution in [0.4, 0.5) is 5.69 Å². The summed E-state index contributed by atoms with van der Waals surface area (Å²) in [4.78, 5) is 0. The van der Waals surface area contributed by atoms with Crippen molar-refractivity contribution >= 4 is 17.3 Å². The average molecular weight is 294 g/mol. The van der Waals surface area contributed by atoms with Gasteiger partial charge in [-0.2, -0.15) is 0 Å². The first kappa shape index (κ1) is 14.3. The van der Waals surface area contributed by atoms with E-state index >= 15 is 0 Å². The van der Waals surface area contributed by atoms with Gasteiger partial charge in [-0.15, -0.1) is 0 Å². The van der Waals surface area contributed by atoms with Crippen molar-refractivity contribution in [2.24, 2.45) is 0 Å². The predicted molar refractivity (Wildman–Crippen MR) is 79.8 cm³/mol. The normalized spacial score (nSPS) is 10.1. The number of halogens is 1. The molecular formula is C15H16ClNO3. The Balaban J connectivity index is 1.88. The minimum absolute atomic E-state index is 0.339. The van der Waals surface area contributed by atoms with Crippen LogP contribution in [0.2, 0.25) is 5.02 Å².